The van der Waals surface area contributed by atoms with Gasteiger partial charge in [-0.1, -0.05) is 48.5 Å². The largest absolute Gasteiger partial charge is 0.353 e. The summed E-state index contributed by atoms with van der Waals surface area (Å²) >= 11 is 0. The van der Waals surface area contributed by atoms with E-state index in [0.717, 1.165) is 54.1 Å². The molecule has 2 aromatic carbocycles. The summed E-state index contributed by atoms with van der Waals surface area (Å²) in [6.07, 6.45) is 4.60. The van der Waals surface area contributed by atoms with Gasteiger partial charge in [0.2, 0.25) is 5.91 Å². The van der Waals surface area contributed by atoms with E-state index >= 15 is 0 Å². The first kappa shape index (κ1) is 17.7. The van der Waals surface area contributed by atoms with Crippen LogP contribution in [0.3, 0.4) is 0 Å². The monoisotopic (exact) mass is 384 g/mol. The minimum atomic E-state index is 0.236. The van der Waals surface area contributed by atoms with Gasteiger partial charge in [-0.05, 0) is 25.0 Å². The molecule has 0 radical (unpaired) electrons. The Bertz CT molecular complexity index is 1100. The van der Waals surface area contributed by atoms with Crippen molar-refractivity contribution in [1.29, 1.82) is 0 Å². The zero-order valence-corrected chi connectivity index (χ0v) is 16.3. The molecule has 1 aliphatic heterocycles. The van der Waals surface area contributed by atoms with E-state index in [-0.39, 0.29) is 5.91 Å². The van der Waals surface area contributed by atoms with E-state index < -0.39 is 0 Å². The Morgan fingerprint density at radius 2 is 1.76 bits per heavy atom. The quantitative estimate of drug-likeness (QED) is 0.542. The molecular formula is C24H24N4O. The minimum Gasteiger partial charge on any atom is -0.353 e. The molecule has 0 spiro atoms. The maximum Gasteiger partial charge on any atom is 0.224 e. The van der Waals surface area contributed by atoms with Gasteiger partial charge in [-0.15, -0.1) is 0 Å². The summed E-state index contributed by atoms with van der Waals surface area (Å²) in [7, 11) is 0. The lowest BCUT2D eigenvalue weighted by atomic mass is 10.1. The number of carbonyl (C=O) groups is 1. The van der Waals surface area contributed by atoms with Crippen molar-refractivity contribution in [2.45, 2.75) is 25.8 Å². The third-order valence-corrected chi connectivity index (χ3v) is 5.70. The standard InChI is InChI=1S/C24H24N4O/c29-22(27-13-6-7-14-27)12-15-28-17-25-23(18-8-2-1-3-9-18)24(28)21-16-19-10-4-5-11-20(19)26-21/h1-5,8-11,16-17,26H,6-7,12-15H2. The highest BCUT2D eigenvalue weighted by Gasteiger charge is 2.20. The maximum absolute atomic E-state index is 12.6. The van der Waals surface area contributed by atoms with Crippen LogP contribution in [-0.4, -0.2) is 38.4 Å². The average Bonchev–Trinajstić information content (AvgIpc) is 3.51. The number of carbonyl (C=O) groups excluding carboxylic acids is 1. The Morgan fingerprint density at radius 1 is 1.00 bits per heavy atom. The van der Waals surface area contributed by atoms with Gasteiger partial charge in [0.15, 0.2) is 0 Å². The number of aromatic amines is 1. The van der Waals surface area contributed by atoms with Crippen molar-refractivity contribution in [3.8, 4) is 22.6 Å². The van der Waals surface area contributed by atoms with Crippen LogP contribution in [0.15, 0.2) is 67.0 Å². The summed E-state index contributed by atoms with van der Waals surface area (Å²) in [5.74, 6) is 0.236. The first-order chi connectivity index (χ1) is 14.3. The number of rotatable bonds is 5. The van der Waals surface area contributed by atoms with Crippen LogP contribution in [-0.2, 0) is 11.3 Å². The summed E-state index contributed by atoms with van der Waals surface area (Å²) in [6, 6.07) is 20.7. The Balaban J connectivity index is 1.52. The number of imidazole rings is 1. The molecule has 4 aromatic rings. The number of nitrogens with zero attached hydrogens (tertiary/aromatic N) is 3. The van der Waals surface area contributed by atoms with Crippen LogP contribution in [0.2, 0.25) is 0 Å². The number of amides is 1. The molecule has 5 heteroatoms. The van der Waals surface area contributed by atoms with Gasteiger partial charge in [0, 0.05) is 42.5 Å². The fourth-order valence-corrected chi connectivity index (χ4v) is 4.18. The zero-order valence-electron chi connectivity index (χ0n) is 16.3. The zero-order chi connectivity index (χ0) is 19.6. The fourth-order valence-electron chi connectivity index (χ4n) is 4.18. The van der Waals surface area contributed by atoms with Gasteiger partial charge < -0.3 is 14.5 Å². The highest BCUT2D eigenvalue weighted by atomic mass is 16.2. The van der Waals surface area contributed by atoms with E-state index in [2.05, 4.69) is 39.9 Å². The molecular weight excluding hydrogens is 360 g/mol. The third kappa shape index (κ3) is 3.44. The first-order valence-electron chi connectivity index (χ1n) is 10.3. The van der Waals surface area contributed by atoms with Gasteiger partial charge >= 0.3 is 0 Å². The smallest absolute Gasteiger partial charge is 0.224 e. The molecule has 0 atom stereocenters. The van der Waals surface area contributed by atoms with Crippen molar-refractivity contribution in [1.82, 2.24) is 19.4 Å². The van der Waals surface area contributed by atoms with Crippen molar-refractivity contribution in [2.24, 2.45) is 0 Å². The Labute approximate surface area is 170 Å². The minimum absolute atomic E-state index is 0.236. The molecule has 0 unspecified atom stereocenters. The lowest BCUT2D eigenvalue weighted by Crippen LogP contribution is -2.28. The number of para-hydroxylation sites is 1. The van der Waals surface area contributed by atoms with Crippen molar-refractivity contribution >= 4 is 16.8 Å². The first-order valence-corrected chi connectivity index (χ1v) is 10.3. The van der Waals surface area contributed by atoms with Crippen LogP contribution >= 0.6 is 0 Å². The van der Waals surface area contributed by atoms with Gasteiger partial charge in [0.25, 0.3) is 0 Å². The van der Waals surface area contributed by atoms with E-state index in [1.165, 1.54) is 5.39 Å². The normalized spacial score (nSPS) is 14.0. The number of likely N-dealkylation sites (tertiary alicyclic amines) is 1. The highest BCUT2D eigenvalue weighted by Crippen LogP contribution is 2.33. The van der Waals surface area contributed by atoms with Crippen molar-refractivity contribution in [2.75, 3.05) is 13.1 Å². The van der Waals surface area contributed by atoms with E-state index in [1.54, 1.807) is 0 Å². The molecule has 1 aliphatic rings. The van der Waals surface area contributed by atoms with Crippen LogP contribution in [0.4, 0.5) is 0 Å². The molecule has 0 aliphatic carbocycles. The van der Waals surface area contributed by atoms with Crippen LogP contribution in [0.5, 0.6) is 0 Å². The predicted octanol–water partition coefficient (Wildman–Crippen LogP) is 4.71. The van der Waals surface area contributed by atoms with E-state index in [9.17, 15) is 4.79 Å². The molecule has 5 rings (SSSR count). The van der Waals surface area contributed by atoms with Crippen LogP contribution < -0.4 is 0 Å². The number of hydrogen-bond donors (Lipinski definition) is 1. The van der Waals surface area contributed by atoms with Crippen molar-refractivity contribution in [3.63, 3.8) is 0 Å². The van der Waals surface area contributed by atoms with Crippen LogP contribution in [0.25, 0.3) is 33.5 Å². The predicted molar refractivity (Wildman–Crippen MR) is 115 cm³/mol. The van der Waals surface area contributed by atoms with Gasteiger partial charge in [0.1, 0.15) is 0 Å². The molecule has 1 saturated heterocycles. The Hall–Kier alpha value is -3.34. The Morgan fingerprint density at radius 3 is 2.55 bits per heavy atom. The summed E-state index contributed by atoms with van der Waals surface area (Å²) in [4.78, 5) is 22.8. The lowest BCUT2D eigenvalue weighted by Gasteiger charge is -2.16. The molecule has 3 heterocycles. The molecule has 1 fully saturated rings. The molecule has 5 nitrogen and oxygen atoms in total. The summed E-state index contributed by atoms with van der Waals surface area (Å²) in [5.41, 5.74) is 5.16. The van der Waals surface area contributed by atoms with E-state index in [1.807, 2.05) is 41.6 Å². The summed E-state index contributed by atoms with van der Waals surface area (Å²) < 4.78 is 2.11. The molecule has 0 bridgehead atoms. The second kappa shape index (κ2) is 7.59. The topological polar surface area (TPSA) is 53.9 Å². The lowest BCUT2D eigenvalue weighted by molar-refractivity contribution is -0.130. The highest BCUT2D eigenvalue weighted by molar-refractivity contribution is 5.88. The molecule has 2 aromatic heterocycles. The van der Waals surface area contributed by atoms with E-state index in [0.29, 0.717) is 13.0 Å². The second-order valence-electron chi connectivity index (χ2n) is 7.61. The molecule has 0 saturated carbocycles. The van der Waals surface area contributed by atoms with Gasteiger partial charge in [-0.2, -0.15) is 0 Å². The Kier molecular flexibility index (Phi) is 4.64. The number of benzene rings is 2. The fraction of sp³-hybridized carbons (Fsp3) is 0.250. The maximum atomic E-state index is 12.6. The van der Waals surface area contributed by atoms with Gasteiger partial charge in [-0.3, -0.25) is 4.79 Å². The van der Waals surface area contributed by atoms with E-state index in [4.69, 9.17) is 4.98 Å². The summed E-state index contributed by atoms with van der Waals surface area (Å²) in [5, 5.41) is 1.17. The third-order valence-electron chi connectivity index (χ3n) is 5.70. The number of fused-ring (bicyclic) bond motifs is 1. The number of hydrogen-bond acceptors (Lipinski definition) is 2. The van der Waals surface area contributed by atoms with Crippen molar-refractivity contribution in [3.05, 3.63) is 67.0 Å². The molecule has 29 heavy (non-hydrogen) atoms. The average molecular weight is 384 g/mol. The number of nitrogens with one attached hydrogen (secondary N) is 1. The number of aromatic nitrogens is 3. The SMILES string of the molecule is O=C(CCn1cnc(-c2ccccc2)c1-c1cc2ccccc2[nH]1)N1CCCC1. The molecule has 1 N–H and O–H groups in total. The number of H-pyrrole nitrogens is 1. The van der Waals surface area contributed by atoms with Gasteiger partial charge in [0.05, 0.1) is 23.4 Å². The van der Waals surface area contributed by atoms with Crippen LogP contribution in [0.1, 0.15) is 19.3 Å². The van der Waals surface area contributed by atoms with Crippen LogP contribution in [0, 0.1) is 0 Å². The van der Waals surface area contributed by atoms with Gasteiger partial charge in [-0.25, -0.2) is 4.98 Å². The summed E-state index contributed by atoms with van der Waals surface area (Å²) in [6.45, 7) is 2.42. The number of aryl methyl sites for hydroxylation is 1. The second-order valence-corrected chi connectivity index (χ2v) is 7.61. The van der Waals surface area contributed by atoms with Crippen molar-refractivity contribution < 1.29 is 4.79 Å². The molecule has 146 valence electrons. The molecule has 1 amide bonds.